The van der Waals surface area contributed by atoms with Crippen LogP contribution < -0.4 is 14.2 Å². The van der Waals surface area contributed by atoms with E-state index in [1.165, 1.54) is 20.4 Å². The molecular weight excluding hydrogens is 501 g/mol. The Morgan fingerprint density at radius 2 is 1.89 bits per heavy atom. The predicted octanol–water partition coefficient (Wildman–Crippen LogP) is 4.96. The summed E-state index contributed by atoms with van der Waals surface area (Å²) in [6.07, 6.45) is 4.38. The molecule has 0 unspecified atom stereocenters. The van der Waals surface area contributed by atoms with Crippen LogP contribution in [-0.2, 0) is 0 Å². The molecule has 0 saturated heterocycles. The van der Waals surface area contributed by atoms with E-state index in [0.717, 1.165) is 23.2 Å². The molecule has 0 radical (unpaired) electrons. The number of hydrogen-bond donors (Lipinski definition) is 0. The van der Waals surface area contributed by atoms with Gasteiger partial charge in [-0.15, -0.1) is 0 Å². The first-order chi connectivity index (χ1) is 18.3. The Kier molecular flexibility index (Phi) is 5.73. The summed E-state index contributed by atoms with van der Waals surface area (Å²) in [4.78, 5) is 17.0. The van der Waals surface area contributed by atoms with Crippen molar-refractivity contribution in [2.45, 2.75) is 24.4 Å². The summed E-state index contributed by atoms with van der Waals surface area (Å²) < 4.78 is 55.6. The van der Waals surface area contributed by atoms with Crippen LogP contribution in [0.25, 0.3) is 27.7 Å². The fraction of sp³-hybridized carbons (Fsp3) is 0.269. The van der Waals surface area contributed by atoms with Gasteiger partial charge in [-0.1, -0.05) is 12.1 Å². The molecule has 38 heavy (non-hydrogen) atoms. The van der Waals surface area contributed by atoms with E-state index in [4.69, 9.17) is 14.2 Å². The molecule has 0 amide bonds. The van der Waals surface area contributed by atoms with Crippen molar-refractivity contribution in [3.63, 3.8) is 0 Å². The first-order valence-electron chi connectivity index (χ1n) is 11.7. The number of rotatable bonds is 7. The van der Waals surface area contributed by atoms with Gasteiger partial charge in [0, 0.05) is 41.1 Å². The second-order valence-electron chi connectivity index (χ2n) is 8.93. The Bertz CT molecular complexity index is 1660. The van der Waals surface area contributed by atoms with Crippen LogP contribution in [0.5, 0.6) is 17.6 Å². The van der Waals surface area contributed by atoms with Crippen molar-refractivity contribution in [2.75, 3.05) is 20.8 Å². The summed E-state index contributed by atoms with van der Waals surface area (Å²) in [7, 11) is 2.99. The van der Waals surface area contributed by atoms with Crippen molar-refractivity contribution in [3.8, 4) is 28.9 Å². The van der Waals surface area contributed by atoms with Gasteiger partial charge in [-0.3, -0.25) is 4.98 Å². The highest BCUT2D eigenvalue weighted by Gasteiger charge is 2.41. The first-order valence-corrected chi connectivity index (χ1v) is 11.7. The van der Waals surface area contributed by atoms with E-state index >= 15 is 0 Å². The SMILES string of the molecule is COc1ncc(-c2cc([C@H]3C[C@@H]3c3ccc4cncc(OCC(F)(F)F)c4c3)c3nccn3n2)c(OC)n1. The first kappa shape index (κ1) is 23.9. The number of alkyl halides is 3. The molecule has 1 aliphatic carbocycles. The molecule has 5 aromatic rings. The van der Waals surface area contributed by atoms with Gasteiger partial charge in [0.25, 0.3) is 0 Å². The number of nitrogens with zero attached hydrogens (tertiary/aromatic N) is 6. The molecule has 2 atom stereocenters. The Hall–Kier alpha value is -4.48. The molecule has 0 N–H and O–H groups in total. The van der Waals surface area contributed by atoms with Crippen LogP contribution in [0.2, 0.25) is 0 Å². The van der Waals surface area contributed by atoms with Crippen molar-refractivity contribution in [2.24, 2.45) is 0 Å². The average molecular weight is 522 g/mol. The number of fused-ring (bicyclic) bond motifs is 2. The van der Waals surface area contributed by atoms with Crippen LogP contribution in [0.3, 0.4) is 0 Å². The molecule has 0 aliphatic heterocycles. The van der Waals surface area contributed by atoms with Crippen LogP contribution in [-0.4, -0.2) is 56.6 Å². The van der Waals surface area contributed by atoms with E-state index in [2.05, 4.69) is 25.0 Å². The maximum atomic E-state index is 12.8. The van der Waals surface area contributed by atoms with E-state index in [1.807, 2.05) is 24.3 Å². The number of imidazole rings is 1. The lowest BCUT2D eigenvalue weighted by atomic mass is 10.0. The molecule has 1 saturated carbocycles. The van der Waals surface area contributed by atoms with Crippen LogP contribution in [0.15, 0.2) is 55.2 Å². The van der Waals surface area contributed by atoms with Crippen molar-refractivity contribution < 1.29 is 27.4 Å². The molecule has 1 aliphatic rings. The standard InChI is InChI=1S/C26H21F3N6O3/c1-36-24-20(11-32-25(33-24)37-2)21-9-19(23-31-5-6-35(23)34-21)18-8-16(18)14-3-4-15-10-30-12-22(17(15)7-14)38-13-26(27,28)29/h3-7,9-12,16,18H,8,13H2,1-2H3/t16-,18+/m1/s1. The van der Waals surface area contributed by atoms with E-state index in [0.29, 0.717) is 27.9 Å². The zero-order chi connectivity index (χ0) is 26.4. The van der Waals surface area contributed by atoms with Gasteiger partial charge < -0.3 is 14.2 Å². The summed E-state index contributed by atoms with van der Waals surface area (Å²) in [5, 5.41) is 5.97. The number of hydrogen-bond acceptors (Lipinski definition) is 8. The van der Waals surface area contributed by atoms with Crippen LogP contribution in [0, 0.1) is 0 Å². The highest BCUT2D eigenvalue weighted by atomic mass is 19.4. The van der Waals surface area contributed by atoms with Crippen molar-refractivity contribution in [3.05, 3.63) is 66.4 Å². The molecule has 194 valence electrons. The Morgan fingerprint density at radius 3 is 2.68 bits per heavy atom. The smallest absolute Gasteiger partial charge is 0.422 e. The minimum absolute atomic E-state index is 0.104. The van der Waals surface area contributed by atoms with E-state index < -0.39 is 12.8 Å². The maximum Gasteiger partial charge on any atom is 0.422 e. The number of pyridine rings is 1. The van der Waals surface area contributed by atoms with Crippen LogP contribution in [0.4, 0.5) is 13.2 Å². The predicted molar refractivity (Wildman–Crippen MR) is 131 cm³/mol. The molecule has 0 bridgehead atoms. The van der Waals surface area contributed by atoms with Gasteiger partial charge in [0.1, 0.15) is 5.75 Å². The van der Waals surface area contributed by atoms with Gasteiger partial charge in [0.2, 0.25) is 5.88 Å². The lowest BCUT2D eigenvalue weighted by Gasteiger charge is -2.12. The average Bonchev–Trinajstić information content (AvgIpc) is 3.58. The molecule has 4 heterocycles. The fourth-order valence-corrected chi connectivity index (χ4v) is 4.69. The van der Waals surface area contributed by atoms with Gasteiger partial charge in [-0.25, -0.2) is 14.5 Å². The van der Waals surface area contributed by atoms with Crippen LogP contribution >= 0.6 is 0 Å². The monoisotopic (exact) mass is 522 g/mol. The van der Waals surface area contributed by atoms with E-state index in [-0.39, 0.29) is 23.6 Å². The summed E-state index contributed by atoms with van der Waals surface area (Å²) in [5.41, 5.74) is 3.94. The lowest BCUT2D eigenvalue weighted by Crippen LogP contribution is -2.19. The summed E-state index contributed by atoms with van der Waals surface area (Å²) in [6.45, 7) is -1.37. The Morgan fingerprint density at radius 1 is 1.03 bits per heavy atom. The van der Waals surface area contributed by atoms with E-state index in [9.17, 15) is 13.2 Å². The van der Waals surface area contributed by atoms with Gasteiger partial charge in [0.15, 0.2) is 12.3 Å². The zero-order valence-electron chi connectivity index (χ0n) is 20.3. The molecule has 12 heteroatoms. The minimum atomic E-state index is -4.44. The molecule has 0 spiro atoms. The van der Waals surface area contributed by atoms with Gasteiger partial charge >= 0.3 is 12.2 Å². The number of aromatic nitrogens is 6. The Labute approximate surface area is 214 Å². The number of methoxy groups -OCH3 is 2. The molecule has 6 rings (SSSR count). The quantitative estimate of drug-likeness (QED) is 0.296. The maximum absolute atomic E-state index is 12.8. The van der Waals surface area contributed by atoms with Crippen molar-refractivity contribution in [1.82, 2.24) is 29.5 Å². The highest BCUT2D eigenvalue weighted by molar-refractivity contribution is 5.88. The molecule has 1 aromatic carbocycles. The third-order valence-corrected chi connectivity index (χ3v) is 6.53. The second-order valence-corrected chi connectivity index (χ2v) is 8.93. The minimum Gasteiger partial charge on any atom is -0.482 e. The fourth-order valence-electron chi connectivity index (χ4n) is 4.69. The largest absolute Gasteiger partial charge is 0.482 e. The molecular formula is C26H21F3N6O3. The van der Waals surface area contributed by atoms with Gasteiger partial charge in [-0.05, 0) is 36.0 Å². The molecule has 4 aromatic heterocycles. The lowest BCUT2D eigenvalue weighted by molar-refractivity contribution is -0.153. The third-order valence-electron chi connectivity index (χ3n) is 6.53. The van der Waals surface area contributed by atoms with Gasteiger partial charge in [-0.2, -0.15) is 23.3 Å². The van der Waals surface area contributed by atoms with Crippen LogP contribution in [0.1, 0.15) is 29.4 Å². The number of halogens is 3. The van der Waals surface area contributed by atoms with Gasteiger partial charge in [0.05, 0.1) is 31.7 Å². The molecule has 9 nitrogen and oxygen atoms in total. The second kappa shape index (κ2) is 9.12. The topological polar surface area (TPSA) is 96.6 Å². The normalized spacial score (nSPS) is 17.1. The summed E-state index contributed by atoms with van der Waals surface area (Å²) >= 11 is 0. The summed E-state index contributed by atoms with van der Waals surface area (Å²) in [6, 6.07) is 7.87. The third kappa shape index (κ3) is 4.42. The summed E-state index contributed by atoms with van der Waals surface area (Å²) in [5.74, 6) is 0.711. The van der Waals surface area contributed by atoms with E-state index in [1.54, 1.807) is 29.3 Å². The zero-order valence-corrected chi connectivity index (χ0v) is 20.3. The number of benzene rings is 1. The highest BCUT2D eigenvalue weighted by Crippen LogP contribution is 2.56. The molecule has 1 fully saturated rings. The number of ether oxygens (including phenoxy) is 3. The Balaban J connectivity index is 1.36. The van der Waals surface area contributed by atoms with Crippen molar-refractivity contribution >= 4 is 16.4 Å². The van der Waals surface area contributed by atoms with Crippen molar-refractivity contribution in [1.29, 1.82) is 0 Å².